The van der Waals surface area contributed by atoms with Gasteiger partial charge in [0.2, 0.25) is 0 Å². The number of hydrogen-bond donors (Lipinski definition) is 2. The van der Waals surface area contributed by atoms with Crippen LogP contribution in [-0.4, -0.2) is 31.3 Å². The third-order valence-electron chi connectivity index (χ3n) is 3.13. The summed E-state index contributed by atoms with van der Waals surface area (Å²) in [7, 11) is 1.55. The molecule has 2 N–H and O–H groups in total. The first-order valence-electron chi connectivity index (χ1n) is 6.00. The lowest BCUT2D eigenvalue weighted by Crippen LogP contribution is -2.36. The van der Waals surface area contributed by atoms with Crippen LogP contribution < -0.4 is 10.6 Å². The van der Waals surface area contributed by atoms with E-state index in [1.165, 1.54) is 0 Å². The van der Waals surface area contributed by atoms with Crippen LogP contribution in [0.1, 0.15) is 13.3 Å². The molecule has 0 saturated carbocycles. The molecule has 1 fully saturated rings. The van der Waals surface area contributed by atoms with Crippen LogP contribution in [0.4, 0.5) is 20.4 Å². The summed E-state index contributed by atoms with van der Waals surface area (Å²) in [6.07, 6.45) is 0.786. The minimum Gasteiger partial charge on any atom is -0.381 e. The van der Waals surface area contributed by atoms with Gasteiger partial charge < -0.3 is 15.4 Å². The van der Waals surface area contributed by atoms with E-state index in [2.05, 4.69) is 15.6 Å². The third-order valence-corrected chi connectivity index (χ3v) is 3.13. The quantitative estimate of drug-likeness (QED) is 0.871. The molecule has 18 heavy (non-hydrogen) atoms. The van der Waals surface area contributed by atoms with E-state index in [4.69, 9.17) is 4.74 Å². The Kier molecular flexibility index (Phi) is 3.96. The van der Waals surface area contributed by atoms with Crippen LogP contribution in [-0.2, 0) is 4.74 Å². The molecule has 100 valence electrons. The molecule has 0 spiro atoms. The second-order valence-electron chi connectivity index (χ2n) is 4.49. The number of anilines is 2. The van der Waals surface area contributed by atoms with Gasteiger partial charge in [0.15, 0.2) is 23.3 Å². The Hall–Kier alpha value is -1.43. The minimum atomic E-state index is -0.694. The number of aromatic nitrogens is 1. The van der Waals surface area contributed by atoms with Crippen molar-refractivity contribution in [3.63, 3.8) is 0 Å². The fraction of sp³-hybridized carbons (Fsp3) is 0.583. The number of halogens is 2. The molecule has 1 saturated heterocycles. The van der Waals surface area contributed by atoms with Crippen molar-refractivity contribution in [2.75, 3.05) is 30.9 Å². The molecule has 2 rings (SSSR count). The Bertz CT molecular complexity index is 428. The van der Waals surface area contributed by atoms with Crippen molar-refractivity contribution in [3.05, 3.63) is 17.7 Å². The zero-order valence-corrected chi connectivity index (χ0v) is 10.5. The number of nitrogens with one attached hydrogen (secondary N) is 2. The monoisotopic (exact) mass is 257 g/mol. The van der Waals surface area contributed by atoms with E-state index in [1.54, 1.807) is 7.05 Å². The number of rotatable bonds is 3. The zero-order chi connectivity index (χ0) is 13.1. The van der Waals surface area contributed by atoms with Gasteiger partial charge in [-0.05, 0) is 12.3 Å². The Morgan fingerprint density at radius 3 is 2.72 bits per heavy atom. The van der Waals surface area contributed by atoms with Crippen LogP contribution in [0, 0.1) is 17.6 Å². The van der Waals surface area contributed by atoms with Gasteiger partial charge in [-0.1, -0.05) is 6.92 Å². The largest absolute Gasteiger partial charge is 0.381 e. The molecular weight excluding hydrogens is 240 g/mol. The van der Waals surface area contributed by atoms with Crippen LogP contribution in [0.5, 0.6) is 0 Å². The van der Waals surface area contributed by atoms with Gasteiger partial charge in [0.05, 0.1) is 6.61 Å². The molecule has 0 bridgehead atoms. The summed E-state index contributed by atoms with van der Waals surface area (Å²) < 4.78 is 32.2. The highest BCUT2D eigenvalue weighted by Gasteiger charge is 2.23. The van der Waals surface area contributed by atoms with Crippen molar-refractivity contribution >= 4 is 11.6 Å². The fourth-order valence-corrected chi connectivity index (χ4v) is 2.01. The summed E-state index contributed by atoms with van der Waals surface area (Å²) in [5, 5.41) is 5.62. The minimum absolute atomic E-state index is 0.0404. The lowest BCUT2D eigenvalue weighted by atomic mass is 9.98. The molecule has 2 atom stereocenters. The number of hydrogen-bond acceptors (Lipinski definition) is 4. The molecular formula is C12H17F2N3O. The number of nitrogens with zero attached hydrogens (tertiary/aromatic N) is 1. The first-order chi connectivity index (χ1) is 8.61. The van der Waals surface area contributed by atoms with Crippen LogP contribution in [0.25, 0.3) is 0 Å². The normalized spacial score (nSPS) is 23.8. The Morgan fingerprint density at radius 2 is 2.06 bits per heavy atom. The van der Waals surface area contributed by atoms with Crippen molar-refractivity contribution in [1.29, 1.82) is 0 Å². The van der Waals surface area contributed by atoms with Crippen LogP contribution in [0.15, 0.2) is 6.07 Å². The van der Waals surface area contributed by atoms with Gasteiger partial charge in [-0.25, -0.2) is 13.8 Å². The average molecular weight is 257 g/mol. The predicted molar refractivity (Wildman–Crippen MR) is 65.7 cm³/mol. The Labute approximate surface area is 105 Å². The van der Waals surface area contributed by atoms with E-state index in [9.17, 15) is 8.78 Å². The molecule has 0 aromatic carbocycles. The second kappa shape index (κ2) is 5.48. The number of pyridine rings is 1. The topological polar surface area (TPSA) is 46.2 Å². The van der Waals surface area contributed by atoms with Gasteiger partial charge in [0.1, 0.15) is 0 Å². The maximum atomic E-state index is 13.6. The van der Waals surface area contributed by atoms with E-state index in [1.807, 2.05) is 6.92 Å². The summed E-state index contributed by atoms with van der Waals surface area (Å²) in [5.74, 6) is -0.980. The van der Waals surface area contributed by atoms with Gasteiger partial charge in [-0.3, -0.25) is 0 Å². The first kappa shape index (κ1) is 13.0. The molecule has 2 unspecified atom stereocenters. The predicted octanol–water partition coefficient (Wildman–Crippen LogP) is 2.24. The molecule has 1 aliphatic heterocycles. The molecule has 6 heteroatoms. The van der Waals surface area contributed by atoms with E-state index in [0.29, 0.717) is 13.2 Å². The molecule has 1 aromatic rings. The van der Waals surface area contributed by atoms with Crippen molar-refractivity contribution in [2.45, 2.75) is 19.4 Å². The van der Waals surface area contributed by atoms with E-state index in [0.717, 1.165) is 12.5 Å². The first-order valence-corrected chi connectivity index (χ1v) is 6.00. The molecule has 1 aromatic heterocycles. The van der Waals surface area contributed by atoms with Gasteiger partial charge in [0.25, 0.3) is 0 Å². The van der Waals surface area contributed by atoms with Crippen LogP contribution >= 0.6 is 0 Å². The standard InChI is InChI=1S/C12H17F2N3O/c1-7-6-18-4-3-10(7)16-12-9(14)5-8(13)11(15-2)17-12/h5,7,10H,3-4,6H2,1-2H3,(H2,15,16,17). The van der Waals surface area contributed by atoms with Gasteiger partial charge >= 0.3 is 0 Å². The lowest BCUT2D eigenvalue weighted by molar-refractivity contribution is 0.0536. The highest BCUT2D eigenvalue weighted by atomic mass is 19.1. The average Bonchev–Trinajstić information content (AvgIpc) is 2.35. The van der Waals surface area contributed by atoms with Crippen molar-refractivity contribution < 1.29 is 13.5 Å². The zero-order valence-electron chi connectivity index (χ0n) is 10.5. The van der Waals surface area contributed by atoms with Crippen molar-refractivity contribution in [1.82, 2.24) is 4.98 Å². The molecule has 1 aliphatic rings. The third kappa shape index (κ3) is 2.69. The van der Waals surface area contributed by atoms with Gasteiger partial charge in [0, 0.05) is 25.8 Å². The SMILES string of the molecule is CNc1nc(NC2CCOCC2C)c(F)cc1F. The smallest absolute Gasteiger partial charge is 0.168 e. The lowest BCUT2D eigenvalue weighted by Gasteiger charge is -2.30. The maximum absolute atomic E-state index is 13.6. The summed E-state index contributed by atoms with van der Waals surface area (Å²) in [5.41, 5.74) is 0. The van der Waals surface area contributed by atoms with E-state index < -0.39 is 11.6 Å². The number of ether oxygens (including phenoxy) is 1. The van der Waals surface area contributed by atoms with Gasteiger partial charge in [-0.2, -0.15) is 0 Å². The Balaban J connectivity index is 2.17. The molecule has 0 amide bonds. The van der Waals surface area contributed by atoms with E-state index >= 15 is 0 Å². The molecule has 2 heterocycles. The highest BCUT2D eigenvalue weighted by Crippen LogP contribution is 2.23. The second-order valence-corrected chi connectivity index (χ2v) is 4.49. The molecule has 4 nitrogen and oxygen atoms in total. The summed E-state index contributed by atoms with van der Waals surface area (Å²) >= 11 is 0. The summed E-state index contributed by atoms with van der Waals surface area (Å²) in [4.78, 5) is 3.91. The van der Waals surface area contributed by atoms with E-state index in [-0.39, 0.29) is 23.6 Å². The summed E-state index contributed by atoms with van der Waals surface area (Å²) in [6.45, 7) is 3.31. The van der Waals surface area contributed by atoms with Crippen LogP contribution in [0.3, 0.4) is 0 Å². The maximum Gasteiger partial charge on any atom is 0.168 e. The molecule has 0 aliphatic carbocycles. The van der Waals surface area contributed by atoms with Crippen molar-refractivity contribution in [3.8, 4) is 0 Å². The highest BCUT2D eigenvalue weighted by molar-refractivity contribution is 5.47. The fourth-order valence-electron chi connectivity index (χ4n) is 2.01. The van der Waals surface area contributed by atoms with Gasteiger partial charge in [-0.15, -0.1) is 0 Å². The Morgan fingerprint density at radius 1 is 1.33 bits per heavy atom. The molecule has 0 radical (unpaired) electrons. The summed E-state index contributed by atoms with van der Waals surface area (Å²) in [6, 6.07) is 0.932. The van der Waals surface area contributed by atoms with Crippen LogP contribution in [0.2, 0.25) is 0 Å². The van der Waals surface area contributed by atoms with Crippen molar-refractivity contribution in [2.24, 2.45) is 5.92 Å².